The lowest BCUT2D eigenvalue weighted by Gasteiger charge is -2.22. The van der Waals surface area contributed by atoms with Crippen LogP contribution in [0, 0.1) is 0 Å². The predicted octanol–water partition coefficient (Wildman–Crippen LogP) is 1.18. The Hall–Kier alpha value is 0.354. The second-order valence-electron chi connectivity index (χ2n) is 3.55. The van der Waals surface area contributed by atoms with Crippen molar-refractivity contribution in [2.75, 3.05) is 6.61 Å². The zero-order valence-electron chi connectivity index (χ0n) is 7.35. The third-order valence-corrected chi connectivity index (χ3v) is 6.60. The maximum absolute atomic E-state index is 8.60. The van der Waals surface area contributed by atoms with Crippen LogP contribution in [-0.2, 0) is 4.12 Å². The van der Waals surface area contributed by atoms with Crippen molar-refractivity contribution in [1.29, 1.82) is 0 Å². The molecule has 10 heavy (non-hydrogen) atoms. The van der Waals surface area contributed by atoms with E-state index in [-0.39, 0.29) is 6.61 Å². The Morgan fingerprint density at radius 2 is 1.90 bits per heavy atom. The third kappa shape index (κ3) is 6.47. The lowest BCUT2D eigenvalue weighted by Crippen LogP contribution is -2.33. The molecule has 0 saturated carbocycles. The Labute approximate surface area is 66.1 Å². The molecule has 0 aliphatic carbocycles. The van der Waals surface area contributed by atoms with Crippen LogP contribution in [0.5, 0.6) is 0 Å². The van der Waals surface area contributed by atoms with Crippen molar-refractivity contribution in [2.45, 2.75) is 32.2 Å². The summed E-state index contributed by atoms with van der Waals surface area (Å²) in [5.41, 5.74) is 0. The molecule has 4 heteroatoms. The van der Waals surface area contributed by atoms with E-state index < -0.39 is 17.4 Å². The molecule has 0 saturated heterocycles. The Kier molecular flexibility index (Phi) is 4.43. The van der Waals surface area contributed by atoms with Gasteiger partial charge in [-0.2, -0.15) is 0 Å². The van der Waals surface area contributed by atoms with E-state index >= 15 is 0 Å². The highest BCUT2D eigenvalue weighted by Crippen LogP contribution is 2.06. The van der Waals surface area contributed by atoms with Crippen molar-refractivity contribution < 1.29 is 9.22 Å². The highest BCUT2D eigenvalue weighted by molar-refractivity contribution is 6.77. The molecule has 0 bridgehead atoms. The quantitative estimate of drug-likeness (QED) is 0.655. The fourth-order valence-electron chi connectivity index (χ4n) is 0.844. The monoisotopic (exact) mass is 178 g/mol. The molecule has 62 valence electrons. The molecule has 2 nitrogen and oxygen atoms in total. The van der Waals surface area contributed by atoms with E-state index in [9.17, 15) is 0 Å². The van der Waals surface area contributed by atoms with Gasteiger partial charge in [0.25, 0.3) is 0 Å². The Morgan fingerprint density at radius 3 is 2.20 bits per heavy atom. The summed E-state index contributed by atoms with van der Waals surface area (Å²) in [5.74, 6) is 0. The van der Waals surface area contributed by atoms with Gasteiger partial charge in [0.15, 0.2) is 17.4 Å². The Balaban J connectivity index is 3.47. The van der Waals surface area contributed by atoms with E-state index in [4.69, 9.17) is 9.22 Å². The first-order chi connectivity index (χ1) is 4.45. The molecule has 0 heterocycles. The first kappa shape index (κ1) is 10.4. The Bertz CT molecular complexity index is 90.2. The molecule has 0 aliphatic rings. The van der Waals surface area contributed by atoms with Crippen LogP contribution in [0.3, 0.4) is 0 Å². The number of rotatable bonds is 4. The summed E-state index contributed by atoms with van der Waals surface area (Å²) < 4.78 is 5.80. The zero-order chi connectivity index (χ0) is 8.20. The molecule has 0 aromatic carbocycles. The minimum Gasteiger partial charge on any atom is -0.458 e. The summed E-state index contributed by atoms with van der Waals surface area (Å²) in [6.45, 7) is 9.00. The van der Waals surface area contributed by atoms with Gasteiger partial charge in [0.05, 0.1) is 0 Å². The molecule has 0 aromatic heterocycles. The van der Waals surface area contributed by atoms with Gasteiger partial charge in [0.1, 0.15) is 0 Å². The highest BCUT2D eigenvalue weighted by atomic mass is 28.4. The largest absolute Gasteiger partial charge is 0.458 e. The van der Waals surface area contributed by atoms with E-state index in [1.807, 2.05) is 0 Å². The van der Waals surface area contributed by atoms with E-state index in [1.54, 1.807) is 0 Å². The second-order valence-corrected chi connectivity index (χ2v) is 10.9. The van der Waals surface area contributed by atoms with E-state index in [2.05, 4.69) is 26.2 Å². The zero-order valence-corrected chi connectivity index (χ0v) is 9.50. The maximum Gasteiger partial charge on any atom is 0.170 e. The number of hydrogen-bond acceptors (Lipinski definition) is 2. The van der Waals surface area contributed by atoms with Gasteiger partial charge in [-0.3, -0.25) is 0 Å². The van der Waals surface area contributed by atoms with Crippen LogP contribution in [0.4, 0.5) is 0 Å². The molecule has 0 rings (SSSR count). The summed E-state index contributed by atoms with van der Waals surface area (Å²) in [6, 6.07) is 0.893. The predicted molar refractivity (Wildman–Crippen MR) is 49.3 cm³/mol. The SMILES string of the molecule is C[SiH](CCO)O[Si](C)(C)C. The fourth-order valence-corrected chi connectivity index (χ4v) is 6.51. The van der Waals surface area contributed by atoms with Crippen molar-refractivity contribution in [1.82, 2.24) is 0 Å². The highest BCUT2D eigenvalue weighted by Gasteiger charge is 2.17. The van der Waals surface area contributed by atoms with Gasteiger partial charge in [-0.15, -0.1) is 0 Å². The van der Waals surface area contributed by atoms with Gasteiger partial charge in [-0.05, 0) is 32.2 Å². The summed E-state index contributed by atoms with van der Waals surface area (Å²) in [6.07, 6.45) is 0. The van der Waals surface area contributed by atoms with Crippen molar-refractivity contribution in [3.05, 3.63) is 0 Å². The minimum absolute atomic E-state index is 0.290. The average Bonchev–Trinajstić information content (AvgIpc) is 1.59. The molecular formula is C6H18O2Si2. The van der Waals surface area contributed by atoms with Gasteiger partial charge < -0.3 is 9.22 Å². The normalized spacial score (nSPS) is 15.3. The molecule has 0 radical (unpaired) electrons. The number of aliphatic hydroxyl groups is 1. The molecule has 0 spiro atoms. The van der Waals surface area contributed by atoms with Crippen LogP contribution >= 0.6 is 0 Å². The molecule has 0 amide bonds. The van der Waals surface area contributed by atoms with Crippen LogP contribution in [0.1, 0.15) is 0 Å². The minimum atomic E-state index is -1.31. The van der Waals surface area contributed by atoms with Gasteiger partial charge in [0.2, 0.25) is 0 Å². The van der Waals surface area contributed by atoms with E-state index in [0.717, 1.165) is 6.04 Å². The van der Waals surface area contributed by atoms with E-state index in [1.165, 1.54) is 0 Å². The lowest BCUT2D eigenvalue weighted by atomic mass is 10.9. The summed E-state index contributed by atoms with van der Waals surface area (Å²) in [4.78, 5) is 0. The van der Waals surface area contributed by atoms with Gasteiger partial charge >= 0.3 is 0 Å². The van der Waals surface area contributed by atoms with Gasteiger partial charge in [-0.25, -0.2) is 0 Å². The van der Waals surface area contributed by atoms with E-state index in [0.29, 0.717) is 0 Å². The van der Waals surface area contributed by atoms with Crippen molar-refractivity contribution in [3.63, 3.8) is 0 Å². The van der Waals surface area contributed by atoms with Gasteiger partial charge in [-0.1, -0.05) is 0 Å². The molecular weight excluding hydrogens is 160 g/mol. The summed E-state index contributed by atoms with van der Waals surface area (Å²) >= 11 is 0. The van der Waals surface area contributed by atoms with Crippen molar-refractivity contribution >= 4 is 17.4 Å². The molecule has 0 fully saturated rings. The molecule has 1 atom stereocenters. The summed E-state index contributed by atoms with van der Waals surface area (Å²) in [5, 5.41) is 8.60. The van der Waals surface area contributed by atoms with Crippen LogP contribution in [0.25, 0.3) is 0 Å². The fraction of sp³-hybridized carbons (Fsp3) is 1.00. The van der Waals surface area contributed by atoms with Crippen LogP contribution in [-0.4, -0.2) is 29.1 Å². The smallest absolute Gasteiger partial charge is 0.170 e. The third-order valence-electron chi connectivity index (χ3n) is 1.09. The maximum atomic E-state index is 8.60. The second kappa shape index (κ2) is 4.28. The topological polar surface area (TPSA) is 29.5 Å². The van der Waals surface area contributed by atoms with Crippen molar-refractivity contribution in [3.8, 4) is 0 Å². The standard InChI is InChI=1S/C6H18O2Si2/c1-9(6-5-7)8-10(2,3)4/h7,9H,5-6H2,1-4H3. The molecule has 1 N–H and O–H groups in total. The first-order valence-corrected chi connectivity index (χ1v) is 9.59. The van der Waals surface area contributed by atoms with Crippen LogP contribution in [0.15, 0.2) is 0 Å². The molecule has 1 unspecified atom stereocenters. The van der Waals surface area contributed by atoms with Crippen molar-refractivity contribution in [2.24, 2.45) is 0 Å². The van der Waals surface area contributed by atoms with Crippen LogP contribution in [0.2, 0.25) is 32.2 Å². The molecule has 0 aromatic rings. The summed E-state index contributed by atoms with van der Waals surface area (Å²) in [7, 11) is -2.32. The van der Waals surface area contributed by atoms with Gasteiger partial charge in [0, 0.05) is 6.61 Å². The lowest BCUT2D eigenvalue weighted by molar-refractivity contribution is 0.313. The first-order valence-electron chi connectivity index (χ1n) is 3.74. The number of aliphatic hydroxyl groups excluding tert-OH is 1. The number of hydrogen-bond donors (Lipinski definition) is 1. The average molecular weight is 178 g/mol. The van der Waals surface area contributed by atoms with Crippen LogP contribution < -0.4 is 0 Å². The Morgan fingerprint density at radius 1 is 1.40 bits per heavy atom. The molecule has 0 aliphatic heterocycles.